The molecular weight excluding hydrogens is 242 g/mol. The summed E-state index contributed by atoms with van der Waals surface area (Å²) in [5, 5.41) is 4.97. The van der Waals surface area contributed by atoms with E-state index in [0.717, 1.165) is 25.8 Å². The van der Waals surface area contributed by atoms with Crippen LogP contribution in [0.1, 0.15) is 30.2 Å². The van der Waals surface area contributed by atoms with Crippen LogP contribution in [0.5, 0.6) is 0 Å². The molecule has 0 radical (unpaired) electrons. The zero-order valence-corrected chi connectivity index (χ0v) is 11.6. The van der Waals surface area contributed by atoms with Crippen LogP contribution in [-0.4, -0.2) is 12.6 Å². The third-order valence-corrected chi connectivity index (χ3v) is 4.57. The normalized spacial score (nSPS) is 15.4. The topological polar surface area (TPSA) is 21.3 Å². The van der Waals surface area contributed by atoms with Crippen molar-refractivity contribution >= 4 is 21.4 Å². The van der Waals surface area contributed by atoms with Gasteiger partial charge < -0.3 is 10.1 Å². The fourth-order valence-electron chi connectivity index (χ4n) is 2.18. The van der Waals surface area contributed by atoms with Crippen LogP contribution in [0.4, 0.5) is 0 Å². The van der Waals surface area contributed by atoms with Gasteiger partial charge in [0.1, 0.15) is 0 Å². The Hall–Kier alpha value is -0.900. The first kappa shape index (κ1) is 12.2. The van der Waals surface area contributed by atoms with Crippen molar-refractivity contribution in [2.24, 2.45) is 0 Å². The fourth-order valence-corrected chi connectivity index (χ4v) is 3.34. The van der Waals surface area contributed by atoms with E-state index in [9.17, 15) is 0 Å². The van der Waals surface area contributed by atoms with E-state index in [-0.39, 0.29) is 0 Å². The molecule has 0 amide bonds. The first-order valence-electron chi connectivity index (χ1n) is 6.69. The minimum absolute atomic E-state index is 0.738. The maximum Gasteiger partial charge on any atom is 0.0734 e. The predicted molar refractivity (Wildman–Crippen MR) is 77.0 cm³/mol. The van der Waals surface area contributed by atoms with Crippen LogP contribution in [0.2, 0.25) is 0 Å². The van der Waals surface area contributed by atoms with Gasteiger partial charge >= 0.3 is 0 Å². The van der Waals surface area contributed by atoms with Crippen molar-refractivity contribution in [2.75, 3.05) is 6.61 Å². The highest BCUT2D eigenvalue weighted by molar-refractivity contribution is 7.19. The summed E-state index contributed by atoms with van der Waals surface area (Å²) in [6.07, 6.45) is 2.68. The smallest absolute Gasteiger partial charge is 0.0734 e. The van der Waals surface area contributed by atoms with Crippen LogP contribution in [0.15, 0.2) is 24.3 Å². The molecule has 1 N–H and O–H groups in total. The fraction of sp³-hybridized carbons (Fsp3) is 0.467. The number of fused-ring (bicyclic) bond motifs is 1. The van der Waals surface area contributed by atoms with E-state index in [2.05, 4.69) is 36.5 Å². The molecule has 1 aromatic heterocycles. The molecule has 0 saturated heterocycles. The highest BCUT2D eigenvalue weighted by Gasteiger charge is 2.21. The molecule has 0 atom stereocenters. The summed E-state index contributed by atoms with van der Waals surface area (Å²) in [6, 6.07) is 9.40. The lowest BCUT2D eigenvalue weighted by atomic mass is 10.1. The number of thiophene rings is 1. The highest BCUT2D eigenvalue weighted by Crippen LogP contribution is 2.32. The summed E-state index contributed by atoms with van der Waals surface area (Å²) < 4.78 is 7.00. The lowest BCUT2D eigenvalue weighted by Gasteiger charge is -2.06. The quantitative estimate of drug-likeness (QED) is 0.856. The molecule has 1 heterocycles. The van der Waals surface area contributed by atoms with Crippen molar-refractivity contribution in [3.8, 4) is 0 Å². The summed E-state index contributed by atoms with van der Waals surface area (Å²) in [6.45, 7) is 4.56. The maximum absolute atomic E-state index is 5.63. The average molecular weight is 261 g/mol. The molecule has 96 valence electrons. The van der Waals surface area contributed by atoms with Gasteiger partial charge in [-0.1, -0.05) is 18.2 Å². The van der Waals surface area contributed by atoms with Gasteiger partial charge in [0.15, 0.2) is 0 Å². The summed E-state index contributed by atoms with van der Waals surface area (Å²) >= 11 is 1.90. The van der Waals surface area contributed by atoms with Gasteiger partial charge in [0.2, 0.25) is 0 Å². The van der Waals surface area contributed by atoms with Crippen LogP contribution in [0, 0.1) is 0 Å². The number of hydrogen-bond donors (Lipinski definition) is 1. The standard InChI is InChI=1S/C15H19NOS/c1-2-17-10-13-12-5-3-4-6-14(12)18-15(13)9-16-11-7-8-11/h3-6,11,16H,2,7-10H2,1H3. The lowest BCUT2D eigenvalue weighted by molar-refractivity contribution is 0.134. The molecule has 1 fully saturated rings. The molecule has 1 aliphatic carbocycles. The number of benzene rings is 1. The minimum Gasteiger partial charge on any atom is -0.377 e. The third kappa shape index (κ3) is 2.58. The number of nitrogens with one attached hydrogen (secondary N) is 1. The molecular formula is C15H19NOS. The zero-order valence-electron chi connectivity index (χ0n) is 10.7. The van der Waals surface area contributed by atoms with E-state index in [1.165, 1.54) is 33.4 Å². The summed E-state index contributed by atoms with van der Waals surface area (Å²) in [4.78, 5) is 1.44. The molecule has 3 rings (SSSR count). The van der Waals surface area contributed by atoms with Crippen molar-refractivity contribution in [1.29, 1.82) is 0 Å². The van der Waals surface area contributed by atoms with Crippen LogP contribution in [-0.2, 0) is 17.9 Å². The Bertz CT molecular complexity index is 530. The van der Waals surface area contributed by atoms with Gasteiger partial charge in [0, 0.05) is 34.3 Å². The highest BCUT2D eigenvalue weighted by atomic mass is 32.1. The molecule has 0 spiro atoms. The van der Waals surface area contributed by atoms with Crippen molar-refractivity contribution in [1.82, 2.24) is 5.32 Å². The average Bonchev–Trinajstić information content (AvgIpc) is 3.16. The SMILES string of the molecule is CCOCc1c(CNC2CC2)sc2ccccc12. The minimum atomic E-state index is 0.738. The Morgan fingerprint density at radius 3 is 2.94 bits per heavy atom. The first-order chi connectivity index (χ1) is 8.88. The van der Waals surface area contributed by atoms with Gasteiger partial charge in [0.05, 0.1) is 6.61 Å². The van der Waals surface area contributed by atoms with E-state index >= 15 is 0 Å². The second-order valence-electron chi connectivity index (χ2n) is 4.79. The van der Waals surface area contributed by atoms with Crippen LogP contribution in [0.3, 0.4) is 0 Å². The molecule has 0 bridgehead atoms. The van der Waals surface area contributed by atoms with E-state index in [0.29, 0.717) is 0 Å². The van der Waals surface area contributed by atoms with Crippen LogP contribution < -0.4 is 5.32 Å². The molecule has 3 heteroatoms. The summed E-state index contributed by atoms with van der Waals surface area (Å²) in [7, 11) is 0. The molecule has 0 unspecified atom stereocenters. The van der Waals surface area contributed by atoms with E-state index in [1.807, 2.05) is 11.3 Å². The van der Waals surface area contributed by atoms with Gasteiger partial charge in [-0.2, -0.15) is 0 Å². The summed E-state index contributed by atoms with van der Waals surface area (Å²) in [5.41, 5.74) is 1.38. The molecule has 1 aliphatic rings. The van der Waals surface area contributed by atoms with Gasteiger partial charge in [-0.15, -0.1) is 11.3 Å². The van der Waals surface area contributed by atoms with Gasteiger partial charge in [-0.3, -0.25) is 0 Å². The second-order valence-corrected chi connectivity index (χ2v) is 5.93. The Kier molecular flexibility index (Phi) is 3.64. The Morgan fingerprint density at radius 1 is 1.33 bits per heavy atom. The molecule has 0 aliphatic heterocycles. The van der Waals surface area contributed by atoms with Gasteiger partial charge in [-0.25, -0.2) is 0 Å². The van der Waals surface area contributed by atoms with E-state index in [4.69, 9.17) is 4.74 Å². The number of rotatable bonds is 6. The van der Waals surface area contributed by atoms with E-state index < -0.39 is 0 Å². The van der Waals surface area contributed by atoms with Crippen molar-refractivity contribution in [3.05, 3.63) is 34.7 Å². The van der Waals surface area contributed by atoms with E-state index in [1.54, 1.807) is 0 Å². The Morgan fingerprint density at radius 2 is 2.17 bits per heavy atom. The Labute approximate surface area is 112 Å². The monoisotopic (exact) mass is 261 g/mol. The van der Waals surface area contributed by atoms with Crippen molar-refractivity contribution in [3.63, 3.8) is 0 Å². The first-order valence-corrected chi connectivity index (χ1v) is 7.50. The molecule has 2 aromatic rings. The largest absolute Gasteiger partial charge is 0.377 e. The lowest BCUT2D eigenvalue weighted by Crippen LogP contribution is -2.15. The van der Waals surface area contributed by atoms with Gasteiger partial charge in [-0.05, 0) is 31.2 Å². The number of ether oxygens (including phenoxy) is 1. The van der Waals surface area contributed by atoms with Crippen molar-refractivity contribution < 1.29 is 4.74 Å². The number of hydrogen-bond acceptors (Lipinski definition) is 3. The molecule has 2 nitrogen and oxygen atoms in total. The molecule has 1 saturated carbocycles. The molecule has 18 heavy (non-hydrogen) atoms. The Balaban J connectivity index is 1.88. The van der Waals surface area contributed by atoms with Crippen molar-refractivity contribution in [2.45, 2.75) is 39.0 Å². The van der Waals surface area contributed by atoms with Crippen LogP contribution >= 0.6 is 11.3 Å². The van der Waals surface area contributed by atoms with Crippen LogP contribution in [0.25, 0.3) is 10.1 Å². The van der Waals surface area contributed by atoms with Gasteiger partial charge in [0.25, 0.3) is 0 Å². The molecule has 1 aromatic carbocycles. The predicted octanol–water partition coefficient (Wildman–Crippen LogP) is 3.69. The second kappa shape index (κ2) is 5.39. The zero-order chi connectivity index (χ0) is 12.4. The summed E-state index contributed by atoms with van der Waals surface area (Å²) in [5.74, 6) is 0. The third-order valence-electron chi connectivity index (χ3n) is 3.36. The maximum atomic E-state index is 5.63.